The van der Waals surface area contributed by atoms with Gasteiger partial charge in [-0.1, -0.05) is 122 Å². The van der Waals surface area contributed by atoms with Gasteiger partial charge in [0.2, 0.25) is 82.7 Å². The Labute approximate surface area is 627 Å². The first kappa shape index (κ1) is 91.1. The van der Waals surface area contributed by atoms with Gasteiger partial charge in [-0.3, -0.25) is 76.9 Å². The van der Waals surface area contributed by atoms with Crippen LogP contribution < -0.4 is 92.5 Å². The zero-order valence-corrected chi connectivity index (χ0v) is 62.6. The molecule has 2 aromatic carbocycles. The molecule has 3 aromatic rings. The van der Waals surface area contributed by atoms with E-state index in [9.17, 15) is 82.1 Å². The number of aromatic nitrogens is 2. The zero-order chi connectivity index (χ0) is 80.9. The van der Waals surface area contributed by atoms with Crippen molar-refractivity contribution >= 4 is 94.6 Å². The molecular formula is C71H110N20O17. The standard InChI is InChI=1S/C71H110N20O17/c1-10-40(8)58(91-59(97)41(9)81-60(98)45(72)32-56(74)94)70(108)89-52(30-43-20-15-12-16-21-43)67(105)85-50(28-39(6)7)65(103)90-54(35-92)69(107)87-51(29-42-18-13-11-14-19-42)66(104)83-47(23-24-55(73)93)62(100)88-53(31-44-33-77-36-80-44)68(106)86-49(27-38(4)5)64(102)84-48(26-37(2)3)63(101)82-46(22-17-25-78-71(75)76)61(99)79-34-57(95)96/h11-16,18-21,33,36-41,45-54,58,92H,10,17,22-32,34-35,72H2,1-9H3,(H2,73,93)(H2,74,94)(H,77,80)(H,79,99)(H,81,98)(H,82,101)(H,83,104)(H,84,102)(H,85,105)(H,86,106)(H,87,107)(H,88,100)(H,89,108)(H,90,103)(H,91,97)(H,95,96)(H4,75,76,78)/t40-,41-,45-,46-,47-,48-,49-,50-,51-,52-,53-,54-,58-/m0/s1. The maximum atomic E-state index is 14.8. The number of nitrogens with one attached hydrogen (secondary N) is 13. The van der Waals surface area contributed by atoms with E-state index in [2.05, 4.69) is 78.8 Å². The summed E-state index contributed by atoms with van der Waals surface area (Å²) >= 11 is 0. The highest BCUT2D eigenvalue weighted by atomic mass is 16.4. The average Bonchev–Trinajstić information content (AvgIpc) is 0.944. The Morgan fingerprint density at radius 1 is 0.472 bits per heavy atom. The number of primary amides is 2. The Bertz CT molecular complexity index is 3520. The monoisotopic (exact) mass is 1510 g/mol. The Balaban J connectivity index is 1.98. The average molecular weight is 1520 g/mol. The lowest BCUT2D eigenvalue weighted by molar-refractivity contribution is -0.138. The topological polar surface area (TPSA) is 612 Å². The smallest absolute Gasteiger partial charge is 0.322 e. The highest BCUT2D eigenvalue weighted by Crippen LogP contribution is 2.16. The summed E-state index contributed by atoms with van der Waals surface area (Å²) in [5.74, 6) is -15.8. The number of nitrogens with two attached hydrogens (primary N) is 5. The molecule has 596 valence electrons. The van der Waals surface area contributed by atoms with Crippen LogP contribution in [0.1, 0.15) is 137 Å². The van der Waals surface area contributed by atoms with Crippen molar-refractivity contribution in [2.75, 3.05) is 19.7 Å². The van der Waals surface area contributed by atoms with Crippen LogP contribution in [0, 0.1) is 23.7 Å². The van der Waals surface area contributed by atoms with Crippen LogP contribution in [0.15, 0.2) is 78.2 Å². The molecule has 14 amide bonds. The number of carboxylic acid groups (broad SMARTS) is 1. The first-order chi connectivity index (χ1) is 50.9. The van der Waals surface area contributed by atoms with Gasteiger partial charge in [0.25, 0.3) is 0 Å². The van der Waals surface area contributed by atoms with Crippen LogP contribution in [0.2, 0.25) is 0 Å². The highest BCUT2D eigenvalue weighted by Gasteiger charge is 2.38. The van der Waals surface area contributed by atoms with E-state index in [0.717, 1.165) is 0 Å². The third kappa shape index (κ3) is 34.0. The van der Waals surface area contributed by atoms with Crippen molar-refractivity contribution in [2.45, 2.75) is 212 Å². The zero-order valence-electron chi connectivity index (χ0n) is 62.6. The molecule has 0 spiro atoms. The van der Waals surface area contributed by atoms with Crippen molar-refractivity contribution in [1.29, 1.82) is 0 Å². The van der Waals surface area contributed by atoms with E-state index < -0.39 is 200 Å². The number of aromatic amines is 1. The maximum Gasteiger partial charge on any atom is 0.322 e. The summed E-state index contributed by atoms with van der Waals surface area (Å²) in [5, 5.41) is 50.8. The largest absolute Gasteiger partial charge is 0.480 e. The summed E-state index contributed by atoms with van der Waals surface area (Å²) in [5.41, 5.74) is 28.7. The van der Waals surface area contributed by atoms with Crippen LogP contribution >= 0.6 is 0 Å². The van der Waals surface area contributed by atoms with Crippen molar-refractivity contribution in [1.82, 2.24) is 73.8 Å². The van der Waals surface area contributed by atoms with Crippen LogP contribution in [-0.2, 0) is 91.2 Å². The van der Waals surface area contributed by atoms with Gasteiger partial charge in [0.15, 0.2) is 5.96 Å². The van der Waals surface area contributed by atoms with Crippen LogP contribution in [0.25, 0.3) is 0 Å². The molecule has 0 aliphatic heterocycles. The van der Waals surface area contributed by atoms with Gasteiger partial charge in [0.05, 0.1) is 25.4 Å². The molecule has 0 radical (unpaired) electrons. The highest BCUT2D eigenvalue weighted by molar-refractivity contribution is 6.00. The third-order valence-corrected chi connectivity index (χ3v) is 16.9. The molecule has 37 nitrogen and oxygen atoms in total. The minimum absolute atomic E-state index is 0.0198. The van der Waals surface area contributed by atoms with Crippen LogP contribution in [0.3, 0.4) is 0 Å². The first-order valence-corrected chi connectivity index (χ1v) is 35.8. The Morgan fingerprint density at radius 2 is 0.880 bits per heavy atom. The fraction of sp³-hybridized carbons (Fsp3) is 0.563. The fourth-order valence-electron chi connectivity index (χ4n) is 11.0. The fourth-order valence-corrected chi connectivity index (χ4v) is 11.0. The summed E-state index contributed by atoms with van der Waals surface area (Å²) in [4.78, 5) is 216. The van der Waals surface area contributed by atoms with Gasteiger partial charge < -0.3 is 108 Å². The summed E-state index contributed by atoms with van der Waals surface area (Å²) in [6.07, 6.45) is 0.827. The molecule has 0 aliphatic rings. The number of carbonyl (C=O) groups excluding carboxylic acids is 14. The number of aliphatic carboxylic acids is 1. The molecule has 0 bridgehead atoms. The maximum absolute atomic E-state index is 14.8. The van der Waals surface area contributed by atoms with Crippen LogP contribution in [0.4, 0.5) is 0 Å². The number of aliphatic hydroxyl groups excluding tert-OH is 1. The van der Waals surface area contributed by atoms with E-state index >= 15 is 0 Å². The van der Waals surface area contributed by atoms with E-state index in [1.807, 2.05) is 0 Å². The molecule has 0 saturated heterocycles. The number of carboxylic acids is 1. The molecule has 1 aromatic heterocycles. The van der Waals surface area contributed by atoms with Crippen molar-refractivity contribution in [2.24, 2.45) is 57.3 Å². The minimum Gasteiger partial charge on any atom is -0.480 e. The number of aliphatic hydroxyl groups is 1. The number of guanidine groups is 1. The van der Waals surface area contributed by atoms with Crippen LogP contribution in [0.5, 0.6) is 0 Å². The van der Waals surface area contributed by atoms with Gasteiger partial charge in [-0.15, -0.1) is 0 Å². The van der Waals surface area contributed by atoms with Gasteiger partial charge >= 0.3 is 5.97 Å². The van der Waals surface area contributed by atoms with Crippen molar-refractivity contribution in [3.8, 4) is 0 Å². The molecule has 25 N–H and O–H groups in total. The third-order valence-electron chi connectivity index (χ3n) is 16.9. The molecule has 0 aliphatic carbocycles. The minimum atomic E-state index is -1.83. The predicted molar refractivity (Wildman–Crippen MR) is 395 cm³/mol. The molecule has 1 heterocycles. The van der Waals surface area contributed by atoms with E-state index in [4.69, 9.17) is 28.7 Å². The van der Waals surface area contributed by atoms with Gasteiger partial charge in [-0.25, -0.2) is 4.98 Å². The van der Waals surface area contributed by atoms with Crippen molar-refractivity contribution in [3.05, 3.63) is 90.0 Å². The normalized spacial score (nSPS) is 14.8. The number of amides is 14. The second kappa shape index (κ2) is 46.8. The number of benzene rings is 2. The number of nitrogens with zero attached hydrogens (tertiary/aromatic N) is 2. The lowest BCUT2D eigenvalue weighted by Crippen LogP contribution is -2.62. The molecule has 0 saturated carbocycles. The second-order valence-electron chi connectivity index (χ2n) is 27.7. The van der Waals surface area contributed by atoms with Gasteiger partial charge in [-0.05, 0) is 80.2 Å². The van der Waals surface area contributed by atoms with E-state index in [-0.39, 0.29) is 81.6 Å². The summed E-state index contributed by atoms with van der Waals surface area (Å²) in [7, 11) is 0. The molecule has 13 atom stereocenters. The predicted octanol–water partition coefficient (Wildman–Crippen LogP) is -4.31. The Hall–Kier alpha value is -11.1. The lowest BCUT2D eigenvalue weighted by Gasteiger charge is -2.29. The number of carbonyl (C=O) groups is 15. The van der Waals surface area contributed by atoms with E-state index in [0.29, 0.717) is 23.2 Å². The number of aliphatic imine (C=N–C) groups is 1. The molecular weight excluding hydrogens is 1400 g/mol. The van der Waals surface area contributed by atoms with Gasteiger partial charge in [0, 0.05) is 44.1 Å². The SMILES string of the molecule is CC[C@H](C)[C@H](NC(=O)[C@H](C)NC(=O)[C@@H](N)CC(N)=O)C(=O)N[C@@H](Cc1ccccc1)C(=O)N[C@@H](CC(C)C)C(=O)N[C@@H](CO)C(=O)N[C@@H](Cc1ccccc1)C(=O)N[C@@H](CCC(N)=O)C(=O)N[C@@H](Cc1cnc[nH]1)C(=O)N[C@@H](CC(C)C)C(=O)N[C@@H](CC(C)C)C(=O)N[C@@H](CCCN=C(N)N)C(=O)NCC(=O)O. The van der Waals surface area contributed by atoms with Crippen LogP contribution in [-0.4, -0.2) is 207 Å². The quantitative estimate of drug-likeness (QED) is 0.0144. The number of hydrogen-bond donors (Lipinski definition) is 20. The van der Waals surface area contributed by atoms with Gasteiger partial charge in [-0.2, -0.15) is 0 Å². The summed E-state index contributed by atoms with van der Waals surface area (Å²) in [6, 6.07) is -0.839. The van der Waals surface area contributed by atoms with Crippen molar-refractivity contribution in [3.63, 3.8) is 0 Å². The molecule has 3 rings (SSSR count). The lowest BCUT2D eigenvalue weighted by atomic mass is 9.96. The molecule has 108 heavy (non-hydrogen) atoms. The number of rotatable bonds is 49. The second-order valence-corrected chi connectivity index (χ2v) is 27.7. The molecule has 0 unspecified atom stereocenters. The van der Waals surface area contributed by atoms with Gasteiger partial charge in [0.1, 0.15) is 73.0 Å². The van der Waals surface area contributed by atoms with Crippen molar-refractivity contribution < 1.29 is 82.1 Å². The molecule has 37 heteroatoms. The summed E-state index contributed by atoms with van der Waals surface area (Å²) in [6.45, 7) is 13.5. The Morgan fingerprint density at radius 3 is 1.29 bits per heavy atom. The first-order valence-electron chi connectivity index (χ1n) is 35.8. The van der Waals surface area contributed by atoms with E-state index in [1.54, 1.807) is 116 Å². The number of hydrogen-bond acceptors (Lipinski definition) is 19. The number of H-pyrrole nitrogens is 1. The van der Waals surface area contributed by atoms with E-state index in [1.165, 1.54) is 19.4 Å². The number of imidazole rings is 1. The summed E-state index contributed by atoms with van der Waals surface area (Å²) < 4.78 is 0. The Kier molecular flexibility index (Phi) is 39.4. The molecule has 0 fully saturated rings.